The summed E-state index contributed by atoms with van der Waals surface area (Å²) in [6, 6.07) is 0. The third-order valence-corrected chi connectivity index (χ3v) is 4.53. The largest absolute Gasteiger partial charge is 0.387 e. The molecule has 0 aromatic rings. The number of carbonyl (C=O) groups excluding carboxylic acids is 1. The molecule has 5 heteroatoms. The Labute approximate surface area is 119 Å². The molecule has 0 unspecified atom stereocenters. The lowest BCUT2D eigenvalue weighted by Crippen LogP contribution is -2.45. The van der Waals surface area contributed by atoms with Gasteiger partial charge in [-0.3, -0.25) is 4.79 Å². The molecule has 3 aliphatic rings. The van der Waals surface area contributed by atoms with Gasteiger partial charge in [0.05, 0.1) is 18.8 Å². The van der Waals surface area contributed by atoms with Crippen LogP contribution in [0.4, 0.5) is 0 Å². The Morgan fingerprint density at radius 1 is 1.35 bits per heavy atom. The number of Topliss-reactive ketones (excluding diaryl/α,β-unsaturated/α-hetero) is 1. The number of fused-ring (bicyclic) bond motifs is 4. The van der Waals surface area contributed by atoms with Crippen molar-refractivity contribution >= 4 is 13.9 Å². The molecule has 4 nitrogen and oxygen atoms in total. The summed E-state index contributed by atoms with van der Waals surface area (Å²) in [5.41, 5.74) is 4.52. The lowest BCUT2D eigenvalue weighted by atomic mass is 9.78. The second-order valence-corrected chi connectivity index (χ2v) is 11.2. The van der Waals surface area contributed by atoms with Crippen LogP contribution in [0.15, 0.2) is 23.3 Å². The molecular formula is C15H18O4Si. The highest BCUT2D eigenvalue weighted by molar-refractivity contribution is 6.83. The van der Waals surface area contributed by atoms with E-state index in [1.807, 2.05) is 0 Å². The fraction of sp³-hybridized carbons (Fsp3) is 0.533. The van der Waals surface area contributed by atoms with Crippen molar-refractivity contribution in [3.8, 4) is 11.5 Å². The SMILES string of the molecule is C[Si](C)(C)C#CC1=CC=C2C(=O)[C@@H]3OC[C@@H](O3)[C@H]2[C@H]1O. The number of aliphatic hydroxyl groups excluding tert-OH is 1. The molecule has 106 valence electrons. The number of hydrogen-bond donors (Lipinski definition) is 1. The van der Waals surface area contributed by atoms with Crippen molar-refractivity contribution < 1.29 is 19.4 Å². The van der Waals surface area contributed by atoms with Crippen molar-refractivity contribution in [3.63, 3.8) is 0 Å². The van der Waals surface area contributed by atoms with Gasteiger partial charge in [-0.1, -0.05) is 31.6 Å². The number of ether oxygens (including phenoxy) is 2. The maximum atomic E-state index is 12.1. The van der Waals surface area contributed by atoms with Crippen LogP contribution in [0, 0.1) is 17.4 Å². The Balaban J connectivity index is 1.94. The third kappa shape index (κ3) is 2.29. The molecule has 0 aromatic heterocycles. The van der Waals surface area contributed by atoms with Crippen molar-refractivity contribution in [3.05, 3.63) is 23.3 Å². The maximum Gasteiger partial charge on any atom is 0.222 e. The molecule has 0 saturated carbocycles. The zero-order chi connectivity index (χ0) is 14.5. The molecule has 2 saturated heterocycles. The summed E-state index contributed by atoms with van der Waals surface area (Å²) >= 11 is 0. The topological polar surface area (TPSA) is 55.8 Å². The second-order valence-electron chi connectivity index (χ2n) is 6.42. The fourth-order valence-corrected chi connectivity index (χ4v) is 3.18. The summed E-state index contributed by atoms with van der Waals surface area (Å²) in [5.74, 6) is 2.57. The highest BCUT2D eigenvalue weighted by atomic mass is 28.3. The Bertz CT molecular complexity index is 573. The minimum Gasteiger partial charge on any atom is -0.387 e. The number of ketones is 1. The van der Waals surface area contributed by atoms with Crippen LogP contribution in [0.5, 0.6) is 0 Å². The van der Waals surface area contributed by atoms with Gasteiger partial charge in [0.2, 0.25) is 12.1 Å². The maximum absolute atomic E-state index is 12.1. The minimum atomic E-state index is -1.50. The molecule has 2 bridgehead atoms. The zero-order valence-corrected chi connectivity index (χ0v) is 12.8. The van der Waals surface area contributed by atoms with E-state index in [2.05, 4.69) is 31.1 Å². The quantitative estimate of drug-likeness (QED) is 0.535. The van der Waals surface area contributed by atoms with Gasteiger partial charge in [-0.15, -0.1) is 5.54 Å². The first-order valence-electron chi connectivity index (χ1n) is 6.81. The average molecular weight is 290 g/mol. The van der Waals surface area contributed by atoms with Gasteiger partial charge in [0.25, 0.3) is 0 Å². The monoisotopic (exact) mass is 290 g/mol. The lowest BCUT2D eigenvalue weighted by Gasteiger charge is -2.34. The van der Waals surface area contributed by atoms with Gasteiger partial charge in [0.15, 0.2) is 0 Å². The van der Waals surface area contributed by atoms with Crippen LogP contribution in [-0.2, 0) is 14.3 Å². The smallest absolute Gasteiger partial charge is 0.222 e. The summed E-state index contributed by atoms with van der Waals surface area (Å²) in [6.07, 6.45) is 1.71. The van der Waals surface area contributed by atoms with Gasteiger partial charge in [0, 0.05) is 17.1 Å². The standard InChI is InChI=1S/C15H18O4Si/c1-20(2,3)7-6-9-4-5-10-12(13(9)16)11-8-18-15(19-11)14(10)17/h4-5,11-13,15-16H,8H2,1-3H3/t11-,12+,13+,15-/m1/s1. The Morgan fingerprint density at radius 2 is 2.10 bits per heavy atom. The first-order chi connectivity index (χ1) is 9.37. The molecular weight excluding hydrogens is 272 g/mol. The minimum absolute atomic E-state index is 0.170. The first-order valence-corrected chi connectivity index (χ1v) is 10.3. The van der Waals surface area contributed by atoms with Gasteiger partial charge in [-0.25, -0.2) is 0 Å². The van der Waals surface area contributed by atoms with E-state index in [4.69, 9.17) is 9.47 Å². The van der Waals surface area contributed by atoms with Crippen LogP contribution in [0.1, 0.15) is 0 Å². The molecule has 20 heavy (non-hydrogen) atoms. The van der Waals surface area contributed by atoms with E-state index >= 15 is 0 Å². The molecule has 2 fully saturated rings. The number of rotatable bonds is 0. The van der Waals surface area contributed by atoms with E-state index in [9.17, 15) is 9.90 Å². The highest BCUT2D eigenvalue weighted by Gasteiger charge is 2.50. The normalized spacial score (nSPS) is 35.7. The van der Waals surface area contributed by atoms with Crippen molar-refractivity contribution in [1.82, 2.24) is 0 Å². The first kappa shape index (κ1) is 13.8. The molecule has 4 atom stereocenters. The summed E-state index contributed by atoms with van der Waals surface area (Å²) < 4.78 is 10.8. The van der Waals surface area contributed by atoms with Gasteiger partial charge < -0.3 is 14.6 Å². The van der Waals surface area contributed by atoms with Crippen molar-refractivity contribution in [2.24, 2.45) is 5.92 Å². The van der Waals surface area contributed by atoms with E-state index in [1.54, 1.807) is 12.2 Å². The Kier molecular flexibility index (Phi) is 3.22. The molecule has 3 rings (SSSR count). The zero-order valence-electron chi connectivity index (χ0n) is 11.8. The number of hydrogen-bond acceptors (Lipinski definition) is 4. The number of allylic oxidation sites excluding steroid dienone is 2. The van der Waals surface area contributed by atoms with Crippen LogP contribution in [0.2, 0.25) is 19.6 Å². The summed E-state index contributed by atoms with van der Waals surface area (Å²) in [4.78, 5) is 12.1. The van der Waals surface area contributed by atoms with Crippen LogP contribution in [0.3, 0.4) is 0 Å². The lowest BCUT2D eigenvalue weighted by molar-refractivity contribution is -0.151. The summed E-state index contributed by atoms with van der Waals surface area (Å²) in [7, 11) is -1.50. The molecule has 0 spiro atoms. The van der Waals surface area contributed by atoms with Crippen LogP contribution in [0.25, 0.3) is 0 Å². The molecule has 2 aliphatic heterocycles. The van der Waals surface area contributed by atoms with E-state index in [0.717, 1.165) is 0 Å². The van der Waals surface area contributed by atoms with Crippen molar-refractivity contribution in [1.29, 1.82) is 0 Å². The molecule has 1 N–H and O–H groups in total. The van der Waals surface area contributed by atoms with Crippen molar-refractivity contribution in [2.45, 2.75) is 38.1 Å². The van der Waals surface area contributed by atoms with E-state index in [-0.39, 0.29) is 17.8 Å². The summed E-state index contributed by atoms with van der Waals surface area (Å²) in [5, 5.41) is 10.5. The van der Waals surface area contributed by atoms with E-state index in [0.29, 0.717) is 17.8 Å². The van der Waals surface area contributed by atoms with Crippen molar-refractivity contribution in [2.75, 3.05) is 6.61 Å². The third-order valence-electron chi connectivity index (χ3n) is 3.65. The Morgan fingerprint density at radius 3 is 2.80 bits per heavy atom. The predicted octanol–water partition coefficient (Wildman–Crippen LogP) is 1.03. The molecule has 2 heterocycles. The van der Waals surface area contributed by atoms with E-state index in [1.165, 1.54) is 0 Å². The molecule has 0 amide bonds. The Hall–Kier alpha value is -1.19. The second kappa shape index (κ2) is 4.67. The molecule has 1 aliphatic carbocycles. The number of aliphatic hydroxyl groups is 1. The van der Waals surface area contributed by atoms with Gasteiger partial charge in [-0.2, -0.15) is 0 Å². The van der Waals surface area contributed by atoms with Crippen LogP contribution < -0.4 is 0 Å². The fourth-order valence-electron chi connectivity index (χ4n) is 2.66. The highest BCUT2D eigenvalue weighted by Crippen LogP contribution is 2.39. The van der Waals surface area contributed by atoms with E-state index < -0.39 is 20.5 Å². The summed E-state index contributed by atoms with van der Waals surface area (Å²) in [6.45, 7) is 6.81. The predicted molar refractivity (Wildman–Crippen MR) is 76.4 cm³/mol. The van der Waals surface area contributed by atoms with Crippen LogP contribution >= 0.6 is 0 Å². The average Bonchev–Trinajstić information content (AvgIpc) is 2.79. The van der Waals surface area contributed by atoms with Gasteiger partial charge in [-0.05, 0) is 6.08 Å². The number of carbonyl (C=O) groups is 1. The van der Waals surface area contributed by atoms with Crippen LogP contribution in [-0.4, -0.2) is 44.1 Å². The van der Waals surface area contributed by atoms with Gasteiger partial charge in [0.1, 0.15) is 8.07 Å². The molecule has 0 radical (unpaired) electrons. The van der Waals surface area contributed by atoms with Gasteiger partial charge >= 0.3 is 0 Å². The molecule has 0 aromatic carbocycles.